The highest BCUT2D eigenvalue weighted by molar-refractivity contribution is 7.90. The van der Waals surface area contributed by atoms with Gasteiger partial charge in [0.25, 0.3) is 0 Å². The summed E-state index contributed by atoms with van der Waals surface area (Å²) in [5.74, 6) is 0. The molecule has 1 aromatic heterocycles. The van der Waals surface area contributed by atoms with Crippen LogP contribution >= 0.6 is 0 Å². The molecule has 2 aromatic rings. The summed E-state index contributed by atoms with van der Waals surface area (Å²) >= 11 is 0. The van der Waals surface area contributed by atoms with Gasteiger partial charge in [-0.1, -0.05) is 6.07 Å². The van der Waals surface area contributed by atoms with E-state index in [4.69, 9.17) is 0 Å². The average Bonchev–Trinajstić information content (AvgIpc) is 2.83. The van der Waals surface area contributed by atoms with Gasteiger partial charge in [-0.25, -0.2) is 13.4 Å². The first kappa shape index (κ1) is 16.0. The summed E-state index contributed by atoms with van der Waals surface area (Å²) in [6.45, 7) is 0.424. The maximum absolute atomic E-state index is 11.7. The van der Waals surface area contributed by atoms with Crippen molar-refractivity contribution < 1.29 is 13.3 Å². The summed E-state index contributed by atoms with van der Waals surface area (Å²) in [6.07, 6.45) is 4.94. The lowest BCUT2D eigenvalue weighted by Gasteiger charge is -2.09. The van der Waals surface area contributed by atoms with Crippen molar-refractivity contribution >= 4 is 21.2 Å². The van der Waals surface area contributed by atoms with E-state index >= 15 is 0 Å². The molecule has 0 amide bonds. The van der Waals surface area contributed by atoms with Gasteiger partial charge in [-0.3, -0.25) is 10.1 Å². The van der Waals surface area contributed by atoms with Crippen LogP contribution in [0.5, 0.6) is 0 Å². The van der Waals surface area contributed by atoms with Gasteiger partial charge in [0, 0.05) is 38.2 Å². The highest BCUT2D eigenvalue weighted by atomic mass is 32.2. The van der Waals surface area contributed by atoms with Crippen molar-refractivity contribution in [1.82, 2.24) is 9.55 Å². The molecule has 0 atom stereocenters. The predicted molar refractivity (Wildman–Crippen MR) is 81.6 cm³/mol. The molecule has 1 aromatic carbocycles. The second-order valence-electron chi connectivity index (χ2n) is 4.85. The number of imidazole rings is 1. The van der Waals surface area contributed by atoms with Crippen LogP contribution in [0.15, 0.2) is 35.6 Å². The number of aromatic nitrogens is 2. The Kier molecular flexibility index (Phi) is 4.45. The number of nitro benzene ring substituents is 1. The molecule has 0 fully saturated rings. The predicted octanol–water partition coefficient (Wildman–Crippen LogP) is 1.39. The van der Waals surface area contributed by atoms with E-state index in [0.29, 0.717) is 13.0 Å². The fourth-order valence-electron chi connectivity index (χ4n) is 2.10. The van der Waals surface area contributed by atoms with Crippen LogP contribution in [-0.4, -0.2) is 35.7 Å². The molecule has 1 heterocycles. The van der Waals surface area contributed by atoms with Crippen LogP contribution in [0.4, 0.5) is 11.4 Å². The van der Waals surface area contributed by atoms with Gasteiger partial charge < -0.3 is 9.88 Å². The molecule has 118 valence electrons. The minimum Gasteiger partial charge on any atom is -0.379 e. The van der Waals surface area contributed by atoms with Crippen molar-refractivity contribution in [2.75, 3.05) is 18.1 Å². The molecule has 0 bridgehead atoms. The minimum absolute atomic E-state index is 0.190. The Balaban J connectivity index is 2.24. The summed E-state index contributed by atoms with van der Waals surface area (Å²) < 4.78 is 25.2. The number of nitrogens with zero attached hydrogens (tertiary/aromatic N) is 3. The van der Waals surface area contributed by atoms with Crippen LogP contribution in [0.3, 0.4) is 0 Å². The van der Waals surface area contributed by atoms with E-state index in [1.807, 2.05) is 11.6 Å². The molecule has 2 rings (SSSR count). The highest BCUT2D eigenvalue weighted by Gasteiger charge is 2.25. The van der Waals surface area contributed by atoms with Gasteiger partial charge in [-0.05, 0) is 12.1 Å². The standard InChI is InChI=1S/C13H16N4O4S/c1-16-9-14-8-10(16)6-7-15-11-4-3-5-12(22(2,20)21)13(11)17(18)19/h3-5,8-9,15H,6-7H2,1-2H3. The lowest BCUT2D eigenvalue weighted by molar-refractivity contribution is -0.386. The molecule has 0 saturated heterocycles. The van der Waals surface area contributed by atoms with Crippen molar-refractivity contribution in [1.29, 1.82) is 0 Å². The molecule has 8 nitrogen and oxygen atoms in total. The van der Waals surface area contributed by atoms with E-state index in [0.717, 1.165) is 11.9 Å². The van der Waals surface area contributed by atoms with E-state index in [2.05, 4.69) is 10.3 Å². The first-order valence-electron chi connectivity index (χ1n) is 6.47. The number of rotatable bonds is 6. The third-order valence-corrected chi connectivity index (χ3v) is 4.32. The number of hydrogen-bond acceptors (Lipinski definition) is 6. The van der Waals surface area contributed by atoms with Gasteiger partial charge in [0.2, 0.25) is 0 Å². The normalized spacial score (nSPS) is 11.4. The van der Waals surface area contributed by atoms with Gasteiger partial charge in [-0.15, -0.1) is 0 Å². The molecular formula is C13H16N4O4S. The Morgan fingerprint density at radius 3 is 2.68 bits per heavy atom. The van der Waals surface area contributed by atoms with Gasteiger partial charge in [0.05, 0.1) is 11.3 Å². The average molecular weight is 324 g/mol. The summed E-state index contributed by atoms with van der Waals surface area (Å²) in [5.41, 5.74) is 0.736. The van der Waals surface area contributed by atoms with Crippen LogP contribution in [-0.2, 0) is 23.3 Å². The van der Waals surface area contributed by atoms with Gasteiger partial charge >= 0.3 is 5.69 Å². The lowest BCUT2D eigenvalue weighted by atomic mass is 10.2. The van der Waals surface area contributed by atoms with Crippen LogP contribution in [0.25, 0.3) is 0 Å². The zero-order valence-electron chi connectivity index (χ0n) is 12.2. The van der Waals surface area contributed by atoms with Crippen molar-refractivity contribution in [2.24, 2.45) is 7.05 Å². The second kappa shape index (κ2) is 6.14. The van der Waals surface area contributed by atoms with Crippen LogP contribution in [0.1, 0.15) is 5.69 Å². The van der Waals surface area contributed by atoms with Crippen molar-refractivity contribution in [3.05, 3.63) is 46.5 Å². The molecule has 0 saturated carbocycles. The lowest BCUT2D eigenvalue weighted by Crippen LogP contribution is -2.11. The van der Waals surface area contributed by atoms with Crippen LogP contribution < -0.4 is 5.32 Å². The number of nitrogens with one attached hydrogen (secondary N) is 1. The summed E-state index contributed by atoms with van der Waals surface area (Å²) in [7, 11) is -1.82. The van der Waals surface area contributed by atoms with E-state index < -0.39 is 20.4 Å². The molecule has 9 heteroatoms. The summed E-state index contributed by atoms with van der Waals surface area (Å²) in [4.78, 5) is 14.2. The number of anilines is 1. The molecule has 1 N–H and O–H groups in total. The van der Waals surface area contributed by atoms with Gasteiger partial charge in [0.15, 0.2) is 9.84 Å². The smallest absolute Gasteiger partial charge is 0.310 e. The highest BCUT2D eigenvalue weighted by Crippen LogP contribution is 2.31. The largest absolute Gasteiger partial charge is 0.379 e. The second-order valence-corrected chi connectivity index (χ2v) is 6.84. The van der Waals surface area contributed by atoms with Gasteiger partial charge in [0.1, 0.15) is 10.6 Å². The van der Waals surface area contributed by atoms with Crippen molar-refractivity contribution in [2.45, 2.75) is 11.3 Å². The van der Waals surface area contributed by atoms with Crippen LogP contribution in [0.2, 0.25) is 0 Å². The first-order chi connectivity index (χ1) is 10.3. The number of benzene rings is 1. The molecule has 0 aliphatic carbocycles. The number of para-hydroxylation sites is 1. The number of sulfone groups is 1. The van der Waals surface area contributed by atoms with Crippen molar-refractivity contribution in [3.63, 3.8) is 0 Å². The number of nitro groups is 1. The zero-order chi connectivity index (χ0) is 16.3. The molecule has 0 aliphatic rings. The molecule has 0 unspecified atom stereocenters. The third kappa shape index (κ3) is 3.42. The van der Waals surface area contributed by atoms with Crippen LogP contribution in [0, 0.1) is 10.1 Å². The Labute approximate surface area is 127 Å². The Morgan fingerprint density at radius 2 is 2.14 bits per heavy atom. The topological polar surface area (TPSA) is 107 Å². The van der Waals surface area contributed by atoms with Crippen molar-refractivity contribution in [3.8, 4) is 0 Å². The van der Waals surface area contributed by atoms with E-state index in [-0.39, 0.29) is 10.6 Å². The molecule has 0 radical (unpaired) electrons. The summed E-state index contributed by atoms with van der Waals surface area (Å²) in [5, 5.41) is 14.1. The SMILES string of the molecule is Cn1cncc1CCNc1cccc(S(C)(=O)=O)c1[N+](=O)[O-]. The zero-order valence-corrected chi connectivity index (χ0v) is 13.0. The Hall–Kier alpha value is -2.42. The maximum atomic E-state index is 11.7. The Morgan fingerprint density at radius 1 is 1.41 bits per heavy atom. The number of aryl methyl sites for hydroxylation is 1. The fourth-order valence-corrected chi connectivity index (χ4v) is 2.96. The molecule has 0 spiro atoms. The van der Waals surface area contributed by atoms with E-state index in [1.165, 1.54) is 18.2 Å². The fraction of sp³-hybridized carbons (Fsp3) is 0.308. The molecule has 0 aliphatic heterocycles. The maximum Gasteiger partial charge on any atom is 0.310 e. The van der Waals surface area contributed by atoms with E-state index in [1.54, 1.807) is 12.5 Å². The third-order valence-electron chi connectivity index (χ3n) is 3.19. The first-order valence-corrected chi connectivity index (χ1v) is 8.36. The molecular weight excluding hydrogens is 308 g/mol. The van der Waals surface area contributed by atoms with Gasteiger partial charge in [-0.2, -0.15) is 0 Å². The monoisotopic (exact) mass is 324 g/mol. The van der Waals surface area contributed by atoms with E-state index in [9.17, 15) is 18.5 Å². The minimum atomic E-state index is -3.67. The number of hydrogen-bond donors (Lipinski definition) is 1. The summed E-state index contributed by atoms with van der Waals surface area (Å²) in [6, 6.07) is 4.21. The quantitative estimate of drug-likeness (QED) is 0.635. The molecule has 22 heavy (non-hydrogen) atoms. The Bertz CT molecular complexity index is 798.